The minimum atomic E-state index is -0.102. The normalized spacial score (nSPS) is 17.7. The van der Waals surface area contributed by atoms with Gasteiger partial charge in [0.05, 0.1) is 25.0 Å². The molecule has 2 aromatic rings. The predicted molar refractivity (Wildman–Crippen MR) is 75.6 cm³/mol. The Morgan fingerprint density at radius 1 is 1.38 bits per heavy atom. The molecule has 0 N–H and O–H groups in total. The van der Waals surface area contributed by atoms with Crippen molar-refractivity contribution in [3.05, 3.63) is 46.8 Å². The number of hydrogen-bond donors (Lipinski definition) is 0. The molecule has 3 heterocycles. The van der Waals surface area contributed by atoms with Gasteiger partial charge < -0.3 is 4.90 Å². The van der Waals surface area contributed by atoms with E-state index < -0.39 is 0 Å². The molecule has 1 aliphatic heterocycles. The molecule has 1 unspecified atom stereocenters. The molecular weight excluding hydrogens is 268 g/mol. The van der Waals surface area contributed by atoms with E-state index in [-0.39, 0.29) is 11.6 Å². The van der Waals surface area contributed by atoms with Crippen LogP contribution >= 0.6 is 0 Å². The molecule has 0 amide bonds. The summed E-state index contributed by atoms with van der Waals surface area (Å²) in [6, 6.07) is 5.27. The Morgan fingerprint density at radius 3 is 3.00 bits per heavy atom. The Labute approximate surface area is 121 Å². The minimum absolute atomic E-state index is 0.102. The smallest absolute Gasteiger partial charge is 0.266 e. The monoisotopic (exact) mass is 282 g/mol. The quantitative estimate of drug-likeness (QED) is 0.818. The summed E-state index contributed by atoms with van der Waals surface area (Å²) >= 11 is 0. The molecule has 3 rings (SSSR count). The van der Waals surface area contributed by atoms with Gasteiger partial charge in [-0.3, -0.25) is 4.79 Å². The van der Waals surface area contributed by atoms with Crippen LogP contribution in [0.25, 0.3) is 0 Å². The van der Waals surface area contributed by atoms with Crippen molar-refractivity contribution in [3.8, 4) is 6.07 Å². The van der Waals surface area contributed by atoms with E-state index in [1.807, 2.05) is 6.07 Å². The molecule has 0 saturated carbocycles. The van der Waals surface area contributed by atoms with Crippen LogP contribution in [0.3, 0.4) is 0 Å². The molecule has 0 spiro atoms. The van der Waals surface area contributed by atoms with Crippen LogP contribution in [-0.2, 0) is 6.54 Å². The zero-order valence-corrected chi connectivity index (χ0v) is 11.4. The van der Waals surface area contributed by atoms with E-state index in [2.05, 4.69) is 20.0 Å². The summed E-state index contributed by atoms with van der Waals surface area (Å²) < 4.78 is 1.47. The number of anilines is 1. The number of nitrogens with zero attached hydrogens (tertiary/aromatic N) is 6. The highest BCUT2D eigenvalue weighted by molar-refractivity contribution is 5.39. The van der Waals surface area contributed by atoms with Gasteiger partial charge >= 0.3 is 0 Å². The molecule has 2 aromatic heterocycles. The number of nitriles is 1. The zero-order chi connectivity index (χ0) is 14.7. The van der Waals surface area contributed by atoms with Crippen molar-refractivity contribution >= 4 is 5.82 Å². The molecule has 1 fully saturated rings. The van der Waals surface area contributed by atoms with Crippen LogP contribution in [0.2, 0.25) is 0 Å². The van der Waals surface area contributed by atoms with Gasteiger partial charge in [0.15, 0.2) is 5.69 Å². The fraction of sp³-hybridized carbons (Fsp3) is 0.357. The highest BCUT2D eigenvalue weighted by Crippen LogP contribution is 2.23. The van der Waals surface area contributed by atoms with Crippen molar-refractivity contribution in [2.24, 2.45) is 0 Å². The molecule has 1 atom stereocenters. The van der Waals surface area contributed by atoms with Gasteiger partial charge in [-0.05, 0) is 18.9 Å². The molecule has 7 nitrogen and oxygen atoms in total. The van der Waals surface area contributed by atoms with E-state index in [0.29, 0.717) is 12.2 Å². The lowest BCUT2D eigenvalue weighted by Crippen LogP contribution is -2.37. The average molecular weight is 282 g/mol. The van der Waals surface area contributed by atoms with Gasteiger partial charge in [-0.25, -0.2) is 14.6 Å². The van der Waals surface area contributed by atoms with Crippen molar-refractivity contribution in [3.63, 3.8) is 0 Å². The minimum Gasteiger partial charge on any atom is -0.350 e. The summed E-state index contributed by atoms with van der Waals surface area (Å²) in [5.74, 6) is 0.737. The molecule has 0 aliphatic carbocycles. The first-order valence-electron chi connectivity index (χ1n) is 6.79. The fourth-order valence-electron chi connectivity index (χ4n) is 2.58. The molecular formula is C14H14N6O. The van der Waals surface area contributed by atoms with Gasteiger partial charge in [-0.15, -0.1) is 0 Å². The largest absolute Gasteiger partial charge is 0.350 e. The maximum atomic E-state index is 11.8. The first-order valence-corrected chi connectivity index (χ1v) is 6.79. The zero-order valence-electron chi connectivity index (χ0n) is 11.4. The van der Waals surface area contributed by atoms with Crippen LogP contribution in [0.15, 0.2) is 35.5 Å². The van der Waals surface area contributed by atoms with Gasteiger partial charge in [0.2, 0.25) is 0 Å². The standard InChI is InChI=1S/C14H14N6O/c15-7-11-8-17-13(9-16-11)19-6-2-3-12(19)10-20-14(21)4-1-5-18-20/h1,4-5,8-9,12H,2-3,6,10H2. The second-order valence-corrected chi connectivity index (χ2v) is 4.91. The predicted octanol–water partition coefficient (Wildman–Crippen LogP) is 0.574. The Morgan fingerprint density at radius 2 is 2.29 bits per heavy atom. The summed E-state index contributed by atoms with van der Waals surface area (Å²) in [4.78, 5) is 22.2. The van der Waals surface area contributed by atoms with Gasteiger partial charge in [-0.2, -0.15) is 10.4 Å². The third kappa shape index (κ3) is 2.74. The number of aromatic nitrogens is 4. The summed E-state index contributed by atoms with van der Waals surface area (Å²) in [7, 11) is 0. The van der Waals surface area contributed by atoms with Gasteiger partial charge in [0.25, 0.3) is 5.56 Å². The van der Waals surface area contributed by atoms with Gasteiger partial charge in [0, 0.05) is 18.8 Å². The van der Waals surface area contributed by atoms with Crippen LogP contribution in [-0.4, -0.2) is 32.3 Å². The highest BCUT2D eigenvalue weighted by Gasteiger charge is 2.26. The lowest BCUT2D eigenvalue weighted by atomic mass is 10.2. The van der Waals surface area contributed by atoms with Gasteiger partial charge in [0.1, 0.15) is 11.9 Å². The third-order valence-electron chi connectivity index (χ3n) is 3.59. The first kappa shape index (κ1) is 13.2. The highest BCUT2D eigenvalue weighted by atomic mass is 16.1. The maximum absolute atomic E-state index is 11.8. The molecule has 0 aromatic carbocycles. The van der Waals surface area contributed by atoms with Crippen LogP contribution < -0.4 is 10.5 Å². The van der Waals surface area contributed by atoms with E-state index in [1.165, 1.54) is 16.9 Å². The van der Waals surface area contributed by atoms with Crippen molar-refractivity contribution in [2.75, 3.05) is 11.4 Å². The summed E-state index contributed by atoms with van der Waals surface area (Å²) in [5, 5.41) is 12.9. The topological polar surface area (TPSA) is 87.7 Å². The fourth-order valence-corrected chi connectivity index (χ4v) is 2.58. The van der Waals surface area contributed by atoms with E-state index in [4.69, 9.17) is 5.26 Å². The number of hydrogen-bond acceptors (Lipinski definition) is 6. The van der Waals surface area contributed by atoms with E-state index >= 15 is 0 Å². The molecule has 0 radical (unpaired) electrons. The first-order chi connectivity index (χ1) is 10.3. The maximum Gasteiger partial charge on any atom is 0.266 e. The Bertz CT molecular complexity index is 717. The summed E-state index contributed by atoms with van der Waals surface area (Å²) in [6.45, 7) is 1.40. The average Bonchev–Trinajstić information content (AvgIpc) is 2.98. The lowest BCUT2D eigenvalue weighted by molar-refractivity contribution is 0.487. The third-order valence-corrected chi connectivity index (χ3v) is 3.59. The van der Waals surface area contributed by atoms with Crippen LogP contribution in [0, 0.1) is 11.3 Å². The van der Waals surface area contributed by atoms with Crippen LogP contribution in [0.1, 0.15) is 18.5 Å². The van der Waals surface area contributed by atoms with E-state index in [0.717, 1.165) is 25.2 Å². The molecule has 1 saturated heterocycles. The molecule has 1 aliphatic rings. The van der Waals surface area contributed by atoms with Crippen molar-refractivity contribution < 1.29 is 0 Å². The van der Waals surface area contributed by atoms with Crippen molar-refractivity contribution in [2.45, 2.75) is 25.4 Å². The van der Waals surface area contributed by atoms with Gasteiger partial charge in [-0.1, -0.05) is 0 Å². The second-order valence-electron chi connectivity index (χ2n) is 4.91. The summed E-state index contributed by atoms with van der Waals surface area (Å²) in [6.07, 6.45) is 6.70. The van der Waals surface area contributed by atoms with Crippen LogP contribution in [0.5, 0.6) is 0 Å². The Balaban J connectivity index is 1.81. The molecule has 7 heteroatoms. The van der Waals surface area contributed by atoms with Crippen molar-refractivity contribution in [1.29, 1.82) is 5.26 Å². The molecule has 21 heavy (non-hydrogen) atoms. The number of rotatable bonds is 3. The SMILES string of the molecule is N#Cc1cnc(N2CCCC2Cn2ncccc2=O)cn1. The van der Waals surface area contributed by atoms with Crippen LogP contribution in [0.4, 0.5) is 5.82 Å². The molecule has 106 valence electrons. The Hall–Kier alpha value is -2.75. The Kier molecular flexibility index (Phi) is 3.60. The molecule has 0 bridgehead atoms. The van der Waals surface area contributed by atoms with E-state index in [9.17, 15) is 4.79 Å². The lowest BCUT2D eigenvalue weighted by Gasteiger charge is -2.25. The van der Waals surface area contributed by atoms with Crippen molar-refractivity contribution in [1.82, 2.24) is 19.7 Å². The summed E-state index contributed by atoms with van der Waals surface area (Å²) in [5.41, 5.74) is 0.200. The van der Waals surface area contributed by atoms with E-state index in [1.54, 1.807) is 18.5 Å². The second kappa shape index (κ2) is 5.71.